The molecule has 226 valence electrons. The molecule has 5 nitrogen and oxygen atoms in total. The van der Waals surface area contributed by atoms with Crippen molar-refractivity contribution in [2.24, 2.45) is 0 Å². The molecule has 1 saturated heterocycles. The molecular weight excluding hydrogens is 575 g/mol. The molecule has 6 aromatic rings. The lowest BCUT2D eigenvalue weighted by Gasteiger charge is -2.38. The lowest BCUT2D eigenvalue weighted by atomic mass is 9.74. The lowest BCUT2D eigenvalue weighted by Crippen LogP contribution is -2.33. The van der Waals surface area contributed by atoms with E-state index in [1.165, 1.54) is 12.1 Å². The third-order valence-corrected chi connectivity index (χ3v) is 8.74. The number of fused-ring (bicyclic) bond motifs is 2. The first-order valence-corrected chi connectivity index (χ1v) is 14.4. The summed E-state index contributed by atoms with van der Waals surface area (Å²) in [6.07, 6.45) is -3.82. The Morgan fingerprint density at radius 1 is 0.864 bits per heavy atom. The summed E-state index contributed by atoms with van der Waals surface area (Å²) in [6, 6.07) is 21.6. The van der Waals surface area contributed by atoms with E-state index in [4.69, 9.17) is 4.74 Å². The highest BCUT2D eigenvalue weighted by Gasteiger charge is 2.40. The Bertz CT molecular complexity index is 2000. The first-order valence-electron chi connectivity index (χ1n) is 14.4. The molecule has 3 aromatic carbocycles. The van der Waals surface area contributed by atoms with Gasteiger partial charge in [0.1, 0.15) is 5.69 Å². The van der Waals surface area contributed by atoms with Crippen LogP contribution in [0.4, 0.5) is 22.0 Å². The van der Waals surface area contributed by atoms with Crippen molar-refractivity contribution in [3.63, 3.8) is 0 Å². The predicted octanol–water partition coefficient (Wildman–Crippen LogP) is 9.65. The molecule has 0 radical (unpaired) electrons. The van der Waals surface area contributed by atoms with Gasteiger partial charge >= 0.3 is 6.18 Å². The van der Waals surface area contributed by atoms with E-state index >= 15 is 0 Å². The van der Waals surface area contributed by atoms with Crippen LogP contribution in [-0.4, -0.2) is 26.8 Å². The summed E-state index contributed by atoms with van der Waals surface area (Å²) in [5.74, 6) is -3.11. The Morgan fingerprint density at radius 2 is 1.57 bits per heavy atom. The second-order valence-electron chi connectivity index (χ2n) is 11.9. The number of nitrogens with zero attached hydrogens (tertiary/aromatic N) is 1. The number of benzene rings is 3. The van der Waals surface area contributed by atoms with Crippen LogP contribution >= 0.6 is 0 Å². The third kappa shape index (κ3) is 4.77. The fraction of sp³-hybridized carbons (Fsp3) is 0.265. The van der Waals surface area contributed by atoms with Gasteiger partial charge in [-0.15, -0.1) is 0 Å². The fourth-order valence-corrected chi connectivity index (χ4v) is 6.59. The molecule has 3 aromatic heterocycles. The molecule has 10 heteroatoms. The van der Waals surface area contributed by atoms with Crippen LogP contribution < -0.4 is 0 Å². The van der Waals surface area contributed by atoms with E-state index in [1.807, 2.05) is 24.3 Å². The van der Waals surface area contributed by atoms with Crippen LogP contribution in [-0.2, 0) is 22.3 Å². The monoisotopic (exact) mass is 604 g/mol. The molecule has 4 heterocycles. The Balaban J connectivity index is 1.28. The second-order valence-corrected chi connectivity index (χ2v) is 11.9. The minimum Gasteiger partial charge on any atom is -0.372 e. The normalized spacial score (nSPS) is 19.7. The SMILES string of the molecule is CC(F)(F)c1c(-c2cc(C3CC(C)(c4[nH]c5ccccc5c4-c4cccc(C(F)(F)F)c4)CCO3)[nH]n2)[nH]c2ccccc12. The van der Waals surface area contributed by atoms with Gasteiger partial charge in [-0.25, -0.2) is 8.78 Å². The number of aromatic nitrogens is 4. The highest BCUT2D eigenvalue weighted by molar-refractivity contribution is 5.98. The number of para-hydroxylation sites is 2. The minimum atomic E-state index is -4.47. The molecule has 0 bridgehead atoms. The summed E-state index contributed by atoms with van der Waals surface area (Å²) in [5, 5.41) is 8.68. The fourth-order valence-electron chi connectivity index (χ4n) is 6.59. The quantitative estimate of drug-likeness (QED) is 0.172. The van der Waals surface area contributed by atoms with E-state index < -0.39 is 29.2 Å². The molecule has 0 amide bonds. The maximum absolute atomic E-state index is 14.8. The Kier molecular flexibility index (Phi) is 6.47. The van der Waals surface area contributed by atoms with Crippen LogP contribution in [0.3, 0.4) is 0 Å². The maximum Gasteiger partial charge on any atom is 0.416 e. The number of rotatable bonds is 5. The van der Waals surface area contributed by atoms with E-state index in [0.717, 1.165) is 35.2 Å². The zero-order valence-corrected chi connectivity index (χ0v) is 23.9. The van der Waals surface area contributed by atoms with Crippen LogP contribution in [0.5, 0.6) is 0 Å². The average molecular weight is 605 g/mol. The number of alkyl halides is 5. The molecule has 1 aliphatic rings. The topological polar surface area (TPSA) is 69.5 Å². The molecule has 2 unspecified atom stereocenters. The molecule has 7 rings (SSSR count). The highest BCUT2D eigenvalue weighted by atomic mass is 19.4. The van der Waals surface area contributed by atoms with Crippen LogP contribution in [0.2, 0.25) is 0 Å². The highest BCUT2D eigenvalue weighted by Crippen LogP contribution is 2.48. The van der Waals surface area contributed by atoms with Crippen molar-refractivity contribution in [3.8, 4) is 22.5 Å². The van der Waals surface area contributed by atoms with Crippen molar-refractivity contribution in [1.29, 1.82) is 0 Å². The molecule has 1 fully saturated rings. The Labute approximate surface area is 249 Å². The largest absolute Gasteiger partial charge is 0.416 e. The average Bonchev–Trinajstić information content (AvgIpc) is 3.72. The van der Waals surface area contributed by atoms with Gasteiger partial charge in [-0.2, -0.15) is 18.3 Å². The summed E-state index contributed by atoms with van der Waals surface area (Å²) in [6.45, 7) is 3.34. The maximum atomic E-state index is 14.8. The number of ether oxygens (including phenoxy) is 1. The van der Waals surface area contributed by atoms with Crippen molar-refractivity contribution in [1.82, 2.24) is 20.2 Å². The number of halogens is 5. The van der Waals surface area contributed by atoms with Gasteiger partial charge in [0.25, 0.3) is 5.92 Å². The van der Waals surface area contributed by atoms with E-state index in [1.54, 1.807) is 36.4 Å². The molecule has 2 atom stereocenters. The first kappa shape index (κ1) is 28.3. The second kappa shape index (κ2) is 10.1. The number of H-pyrrole nitrogens is 3. The number of hydrogen-bond donors (Lipinski definition) is 3. The van der Waals surface area contributed by atoms with E-state index in [-0.39, 0.29) is 11.3 Å². The van der Waals surface area contributed by atoms with Crippen LogP contribution in [0.15, 0.2) is 78.9 Å². The summed E-state index contributed by atoms with van der Waals surface area (Å²) in [7, 11) is 0. The smallest absolute Gasteiger partial charge is 0.372 e. The number of aromatic amines is 3. The zero-order valence-electron chi connectivity index (χ0n) is 23.9. The van der Waals surface area contributed by atoms with Gasteiger partial charge in [0.05, 0.1) is 28.6 Å². The van der Waals surface area contributed by atoms with Gasteiger partial charge in [-0.3, -0.25) is 5.10 Å². The van der Waals surface area contributed by atoms with Crippen LogP contribution in [0.1, 0.15) is 55.3 Å². The van der Waals surface area contributed by atoms with E-state index in [9.17, 15) is 22.0 Å². The molecule has 0 saturated carbocycles. The standard InChI is InChI=1S/C34H29F5N4O/c1-32(31-28(21-10-3-5-12-23(21)41-31)19-8-7-9-20(16-19)34(37,38)39)14-15-44-27(18-32)25-17-26(43-42-25)30-29(33(2,35)36)22-11-4-6-13-24(22)40-30/h3-13,16-17,27,40-41H,14-15,18H2,1-2H3,(H,42,43). The summed E-state index contributed by atoms with van der Waals surface area (Å²) >= 11 is 0. The molecule has 3 N–H and O–H groups in total. The van der Waals surface area contributed by atoms with Crippen molar-refractivity contribution >= 4 is 21.8 Å². The Morgan fingerprint density at radius 3 is 2.30 bits per heavy atom. The first-order chi connectivity index (χ1) is 20.9. The van der Waals surface area contributed by atoms with E-state index in [2.05, 4.69) is 27.1 Å². The van der Waals surface area contributed by atoms with Gasteiger partial charge in [0.2, 0.25) is 0 Å². The van der Waals surface area contributed by atoms with Gasteiger partial charge in [-0.05, 0) is 48.7 Å². The number of hydrogen-bond acceptors (Lipinski definition) is 2. The summed E-state index contributed by atoms with van der Waals surface area (Å²) in [5.41, 5.74) is 3.33. The zero-order chi connectivity index (χ0) is 30.9. The lowest BCUT2D eigenvalue weighted by molar-refractivity contribution is -0.137. The Hall–Kier alpha value is -4.44. The van der Waals surface area contributed by atoms with Crippen LogP contribution in [0, 0.1) is 0 Å². The molecule has 0 spiro atoms. The molecule has 1 aliphatic heterocycles. The predicted molar refractivity (Wildman–Crippen MR) is 159 cm³/mol. The third-order valence-electron chi connectivity index (χ3n) is 8.74. The van der Waals surface area contributed by atoms with Crippen molar-refractivity contribution in [3.05, 3.63) is 101 Å². The van der Waals surface area contributed by atoms with Crippen molar-refractivity contribution in [2.45, 2.75) is 50.3 Å². The minimum absolute atomic E-state index is 0.121. The molecule has 44 heavy (non-hydrogen) atoms. The van der Waals surface area contributed by atoms with E-state index in [0.29, 0.717) is 47.3 Å². The van der Waals surface area contributed by atoms with Gasteiger partial charge in [0, 0.05) is 52.0 Å². The van der Waals surface area contributed by atoms with Gasteiger partial charge in [0.15, 0.2) is 0 Å². The van der Waals surface area contributed by atoms with Crippen molar-refractivity contribution in [2.75, 3.05) is 6.61 Å². The van der Waals surface area contributed by atoms with Gasteiger partial charge < -0.3 is 14.7 Å². The number of nitrogens with one attached hydrogen (secondary N) is 3. The van der Waals surface area contributed by atoms with Crippen LogP contribution in [0.25, 0.3) is 44.3 Å². The summed E-state index contributed by atoms with van der Waals surface area (Å²) < 4.78 is 76.9. The summed E-state index contributed by atoms with van der Waals surface area (Å²) in [4.78, 5) is 6.63. The van der Waals surface area contributed by atoms with Gasteiger partial charge in [-0.1, -0.05) is 55.5 Å². The molecular formula is C34H29F5N4O. The molecule has 0 aliphatic carbocycles. The van der Waals surface area contributed by atoms with Crippen molar-refractivity contribution < 1.29 is 26.7 Å².